The van der Waals surface area contributed by atoms with Crippen molar-refractivity contribution in [2.45, 2.75) is 5.75 Å². The molecule has 0 bridgehead atoms. The minimum atomic E-state index is -0.239. The fourth-order valence-electron chi connectivity index (χ4n) is 3.94. The molecular weight excluding hydrogens is 546 g/mol. The fraction of sp³-hybridized carbons (Fsp3) is 0.258. The lowest BCUT2D eigenvalue weighted by molar-refractivity contribution is 0.104. The summed E-state index contributed by atoms with van der Waals surface area (Å²) in [6.45, 7) is 0. The largest absolute Gasteiger partial charge is 0.496 e. The van der Waals surface area contributed by atoms with Gasteiger partial charge in [0.1, 0.15) is 23.0 Å². The van der Waals surface area contributed by atoms with Gasteiger partial charge in [-0.1, -0.05) is 6.07 Å². The van der Waals surface area contributed by atoms with E-state index < -0.39 is 0 Å². The predicted molar refractivity (Wildman–Crippen MR) is 163 cm³/mol. The van der Waals surface area contributed by atoms with Crippen molar-refractivity contribution in [3.8, 4) is 40.2 Å². The minimum Gasteiger partial charge on any atom is -0.496 e. The Morgan fingerprint density at radius 2 is 1.34 bits per heavy atom. The van der Waals surface area contributed by atoms with Crippen molar-refractivity contribution in [2.24, 2.45) is 0 Å². The number of methoxy groups -OCH3 is 7. The van der Waals surface area contributed by atoms with Gasteiger partial charge in [-0.2, -0.15) is 0 Å². The van der Waals surface area contributed by atoms with E-state index in [1.54, 1.807) is 58.5 Å². The van der Waals surface area contributed by atoms with Gasteiger partial charge < -0.3 is 38.5 Å². The van der Waals surface area contributed by atoms with E-state index in [1.165, 1.54) is 27.4 Å². The maximum Gasteiger partial charge on any atom is 0.203 e. The molecule has 0 aliphatic carbocycles. The highest BCUT2D eigenvalue weighted by Gasteiger charge is 2.16. The van der Waals surface area contributed by atoms with E-state index in [9.17, 15) is 4.79 Å². The van der Waals surface area contributed by atoms with E-state index in [-0.39, 0.29) is 5.78 Å². The van der Waals surface area contributed by atoms with Gasteiger partial charge in [0.15, 0.2) is 17.3 Å². The van der Waals surface area contributed by atoms with E-state index in [4.69, 9.17) is 33.2 Å². The average molecular weight is 582 g/mol. The highest BCUT2D eigenvalue weighted by Crippen LogP contribution is 2.39. The third kappa shape index (κ3) is 7.82. The Hall–Kier alpha value is -4.44. The summed E-state index contributed by atoms with van der Waals surface area (Å²) in [4.78, 5) is 12.9. The summed E-state index contributed by atoms with van der Waals surface area (Å²) in [5, 5.41) is 5.14. The molecule has 41 heavy (non-hydrogen) atoms. The fourth-order valence-corrected chi connectivity index (χ4v) is 4.64. The number of benzene rings is 3. The zero-order chi connectivity index (χ0) is 29.8. The monoisotopic (exact) mass is 581 g/mol. The first-order valence-electron chi connectivity index (χ1n) is 12.4. The third-order valence-corrected chi connectivity index (χ3v) is 6.85. The van der Waals surface area contributed by atoms with E-state index in [0.717, 1.165) is 16.8 Å². The highest BCUT2D eigenvalue weighted by atomic mass is 32.2. The molecule has 10 heteroatoms. The smallest absolute Gasteiger partial charge is 0.203 e. The Bertz CT molecular complexity index is 1350. The quantitative estimate of drug-likeness (QED) is 0.159. The van der Waals surface area contributed by atoms with Gasteiger partial charge >= 0.3 is 0 Å². The van der Waals surface area contributed by atoms with Gasteiger partial charge in [0, 0.05) is 35.7 Å². The number of carbonyl (C=O) groups is 1. The molecule has 3 aromatic carbocycles. The van der Waals surface area contributed by atoms with Crippen molar-refractivity contribution in [3.05, 3.63) is 76.8 Å². The number of thioether (sulfide) groups is 1. The first kappa shape index (κ1) is 31.1. The Labute approximate surface area is 245 Å². The Morgan fingerprint density at radius 1 is 0.732 bits per heavy atom. The number of rotatable bonds is 15. The van der Waals surface area contributed by atoms with Crippen molar-refractivity contribution >= 4 is 29.3 Å². The number of anilines is 1. The molecule has 218 valence electrons. The molecule has 3 aromatic rings. The summed E-state index contributed by atoms with van der Waals surface area (Å²) in [6.07, 6.45) is 4.95. The van der Waals surface area contributed by atoms with Crippen LogP contribution in [0.4, 0.5) is 5.69 Å². The van der Waals surface area contributed by atoms with Crippen LogP contribution in [0.15, 0.2) is 60.1 Å². The van der Waals surface area contributed by atoms with Crippen molar-refractivity contribution in [2.75, 3.05) is 55.1 Å². The molecule has 3 rings (SSSR count). The zero-order valence-electron chi connectivity index (χ0n) is 24.2. The summed E-state index contributed by atoms with van der Waals surface area (Å²) in [7, 11) is 10.9. The van der Waals surface area contributed by atoms with Crippen LogP contribution in [0.3, 0.4) is 0 Å². The number of nitrogens with one attached hydrogen (secondary N) is 1. The first-order chi connectivity index (χ1) is 19.9. The second-order valence-corrected chi connectivity index (χ2v) is 9.24. The van der Waals surface area contributed by atoms with Crippen LogP contribution in [-0.2, 0) is 5.75 Å². The standard InChI is InChI=1S/C31H35NO8S/c1-34-22-17-27(36-3)23(28(18-22)37-4)11-13-41-19-20-8-9-26(35-2)24(14-20)32-12-10-25(33)21-15-29(38-5)31(40-7)30(16-21)39-6/h8-18,32H,19H2,1-7H3/b12-10-,13-11+. The Balaban J connectivity index is 1.71. The highest BCUT2D eigenvalue weighted by molar-refractivity contribution is 8.01. The van der Waals surface area contributed by atoms with E-state index in [2.05, 4.69) is 5.32 Å². The predicted octanol–water partition coefficient (Wildman–Crippen LogP) is 6.46. The summed E-state index contributed by atoms with van der Waals surface area (Å²) in [5.41, 5.74) is 3.00. The van der Waals surface area contributed by atoms with Gasteiger partial charge in [0.2, 0.25) is 5.75 Å². The molecule has 0 amide bonds. The normalized spacial score (nSPS) is 10.9. The second kappa shape index (κ2) is 15.4. The third-order valence-electron chi connectivity index (χ3n) is 6.02. The maximum absolute atomic E-state index is 12.9. The van der Waals surface area contributed by atoms with Crippen molar-refractivity contribution in [3.63, 3.8) is 0 Å². The molecule has 0 saturated heterocycles. The van der Waals surface area contributed by atoms with E-state index >= 15 is 0 Å². The molecule has 0 aliphatic heterocycles. The SMILES string of the molecule is COc1cc(OC)c(/C=C/SCc2ccc(OC)c(N/C=C\C(=O)c3cc(OC)c(OC)c(OC)c3)c2)c(OC)c1. The van der Waals surface area contributed by atoms with Crippen molar-refractivity contribution in [1.29, 1.82) is 0 Å². The molecule has 0 atom stereocenters. The molecule has 0 saturated carbocycles. The number of ether oxygens (including phenoxy) is 7. The molecule has 0 radical (unpaired) electrons. The van der Waals surface area contributed by atoms with E-state index in [0.29, 0.717) is 51.6 Å². The van der Waals surface area contributed by atoms with Gasteiger partial charge in [-0.15, -0.1) is 11.8 Å². The average Bonchev–Trinajstić information content (AvgIpc) is 3.01. The lowest BCUT2D eigenvalue weighted by Gasteiger charge is -2.13. The molecule has 9 nitrogen and oxygen atoms in total. The lowest BCUT2D eigenvalue weighted by Crippen LogP contribution is -2.01. The van der Waals surface area contributed by atoms with Gasteiger partial charge in [0.25, 0.3) is 0 Å². The van der Waals surface area contributed by atoms with Crippen LogP contribution in [0, 0.1) is 0 Å². The van der Waals surface area contributed by atoms with Crippen LogP contribution in [0.25, 0.3) is 6.08 Å². The first-order valence-corrected chi connectivity index (χ1v) is 13.5. The molecule has 0 aromatic heterocycles. The van der Waals surface area contributed by atoms with Crippen LogP contribution < -0.4 is 38.5 Å². The second-order valence-electron chi connectivity index (χ2n) is 8.35. The van der Waals surface area contributed by atoms with Crippen molar-refractivity contribution in [1.82, 2.24) is 0 Å². The summed E-state index contributed by atoms with van der Waals surface area (Å²) < 4.78 is 37.9. The Morgan fingerprint density at radius 3 is 1.88 bits per heavy atom. The molecule has 0 aliphatic rings. The number of allylic oxidation sites excluding steroid dienone is 1. The molecule has 0 spiro atoms. The molecule has 1 N–H and O–H groups in total. The van der Waals surface area contributed by atoms with Crippen LogP contribution in [0.2, 0.25) is 0 Å². The number of hydrogen-bond acceptors (Lipinski definition) is 10. The summed E-state index contributed by atoms with van der Waals surface area (Å²) in [5.74, 6) is 4.30. The number of ketones is 1. The molecule has 0 unspecified atom stereocenters. The van der Waals surface area contributed by atoms with Crippen LogP contribution >= 0.6 is 11.8 Å². The number of carbonyl (C=O) groups excluding carboxylic acids is 1. The minimum absolute atomic E-state index is 0.239. The van der Waals surface area contributed by atoms with Crippen LogP contribution in [0.5, 0.6) is 40.2 Å². The van der Waals surface area contributed by atoms with Gasteiger partial charge in [0.05, 0.1) is 61.0 Å². The van der Waals surface area contributed by atoms with Crippen LogP contribution in [0.1, 0.15) is 21.5 Å². The van der Waals surface area contributed by atoms with Gasteiger partial charge in [-0.3, -0.25) is 4.79 Å². The zero-order valence-corrected chi connectivity index (χ0v) is 25.0. The summed E-state index contributed by atoms with van der Waals surface area (Å²) in [6, 6.07) is 12.7. The molecule has 0 heterocycles. The van der Waals surface area contributed by atoms with Gasteiger partial charge in [-0.25, -0.2) is 0 Å². The summed E-state index contributed by atoms with van der Waals surface area (Å²) >= 11 is 1.61. The lowest BCUT2D eigenvalue weighted by atomic mass is 10.1. The van der Waals surface area contributed by atoms with Gasteiger partial charge in [-0.05, 0) is 41.3 Å². The Kier molecular flexibility index (Phi) is 11.7. The topological polar surface area (TPSA) is 93.7 Å². The van der Waals surface area contributed by atoms with Crippen molar-refractivity contribution < 1.29 is 38.0 Å². The maximum atomic E-state index is 12.9. The molecular formula is C31H35NO8S. The number of hydrogen-bond donors (Lipinski definition) is 1. The van der Waals surface area contributed by atoms with E-state index in [1.807, 2.05) is 41.8 Å². The van der Waals surface area contributed by atoms with Crippen LogP contribution in [-0.4, -0.2) is 55.6 Å². The molecule has 0 fully saturated rings.